The van der Waals surface area contributed by atoms with Crippen molar-refractivity contribution in [2.45, 2.75) is 0 Å². The summed E-state index contributed by atoms with van der Waals surface area (Å²) in [6.45, 7) is 0. The average Bonchev–Trinajstić information content (AvgIpc) is 2.98. The Morgan fingerprint density at radius 3 is 2.28 bits per heavy atom. The third-order valence-corrected chi connectivity index (χ3v) is 4.14. The number of H-pyrrole nitrogens is 1. The minimum absolute atomic E-state index is 0.331. The number of fused-ring (bicyclic) bond motifs is 1. The summed E-state index contributed by atoms with van der Waals surface area (Å²) in [4.78, 5) is 9.05. The third-order valence-electron chi connectivity index (χ3n) is 3.96. The molecule has 4 rings (SSSR count). The largest absolute Gasteiger partial charge is 0.497 e. The summed E-state index contributed by atoms with van der Waals surface area (Å²) in [5.74, 6) is 1.11. The average molecular weight is 349 g/mol. The van der Waals surface area contributed by atoms with Gasteiger partial charge in [-0.25, -0.2) is 14.5 Å². The van der Waals surface area contributed by atoms with Crippen LogP contribution in [0.25, 0.3) is 28.0 Å². The van der Waals surface area contributed by atoms with Crippen LogP contribution in [-0.4, -0.2) is 26.7 Å². The molecule has 6 nitrogen and oxygen atoms in total. The second kappa shape index (κ2) is 6.03. The standard InChI is InChI=1S/C18H15N5OS/c1-24-13-9-7-12(8-10-13)15-16-14(11-5-3-2-4-6-11)20-17(19)23(16)22-18(25)21-15/h2-10H,1H3,(H2,19,20)(H,22,25). The fourth-order valence-electron chi connectivity index (χ4n) is 2.79. The summed E-state index contributed by atoms with van der Waals surface area (Å²) in [5, 5.41) is 2.99. The normalized spacial score (nSPS) is 10.9. The third kappa shape index (κ3) is 2.64. The number of hydrogen-bond acceptors (Lipinski definition) is 5. The van der Waals surface area contributed by atoms with Gasteiger partial charge in [-0.3, -0.25) is 5.10 Å². The number of ether oxygens (including phenoxy) is 1. The molecule has 0 unspecified atom stereocenters. The predicted octanol–water partition coefficient (Wildman–Crippen LogP) is 3.71. The molecule has 0 amide bonds. The molecule has 3 N–H and O–H groups in total. The summed E-state index contributed by atoms with van der Waals surface area (Å²) >= 11 is 5.27. The molecule has 4 aromatic rings. The SMILES string of the molecule is COc1ccc(-c2nc(=S)[nH]n3c(N)nc(-c4ccccc4)c23)cc1. The van der Waals surface area contributed by atoms with E-state index in [2.05, 4.69) is 15.1 Å². The molecule has 0 aliphatic rings. The van der Waals surface area contributed by atoms with Crippen molar-refractivity contribution in [1.29, 1.82) is 0 Å². The molecule has 2 heterocycles. The number of imidazole rings is 1. The van der Waals surface area contributed by atoms with Crippen LogP contribution in [0.5, 0.6) is 5.75 Å². The molecule has 7 heteroatoms. The van der Waals surface area contributed by atoms with E-state index in [9.17, 15) is 0 Å². The van der Waals surface area contributed by atoms with Crippen LogP contribution < -0.4 is 10.5 Å². The molecule has 2 aromatic heterocycles. The van der Waals surface area contributed by atoms with Gasteiger partial charge in [0.15, 0.2) is 0 Å². The van der Waals surface area contributed by atoms with Gasteiger partial charge in [0.25, 0.3) is 0 Å². The number of rotatable bonds is 3. The molecule has 0 bridgehead atoms. The van der Waals surface area contributed by atoms with Gasteiger partial charge in [-0.15, -0.1) is 0 Å². The fraction of sp³-hybridized carbons (Fsp3) is 0.0556. The molecule has 0 radical (unpaired) electrons. The van der Waals surface area contributed by atoms with Gasteiger partial charge in [-0.1, -0.05) is 30.3 Å². The predicted molar refractivity (Wildman–Crippen MR) is 100 cm³/mol. The van der Waals surface area contributed by atoms with Gasteiger partial charge in [0, 0.05) is 11.1 Å². The van der Waals surface area contributed by atoms with E-state index in [0.29, 0.717) is 10.7 Å². The second-order valence-electron chi connectivity index (χ2n) is 5.47. The quantitative estimate of drug-likeness (QED) is 0.551. The number of nitrogens with two attached hydrogens (primary N) is 1. The molecule has 0 aliphatic carbocycles. The second-order valence-corrected chi connectivity index (χ2v) is 5.86. The van der Waals surface area contributed by atoms with Crippen LogP contribution in [0.15, 0.2) is 54.6 Å². The molecule has 0 fully saturated rings. The highest BCUT2D eigenvalue weighted by Crippen LogP contribution is 2.32. The first-order valence-electron chi connectivity index (χ1n) is 7.65. The minimum Gasteiger partial charge on any atom is -0.497 e. The summed E-state index contributed by atoms with van der Waals surface area (Å²) < 4.78 is 7.24. The van der Waals surface area contributed by atoms with Gasteiger partial charge in [-0.2, -0.15) is 0 Å². The van der Waals surface area contributed by atoms with Gasteiger partial charge >= 0.3 is 0 Å². The lowest BCUT2D eigenvalue weighted by Gasteiger charge is -2.07. The van der Waals surface area contributed by atoms with Gasteiger partial charge in [0.1, 0.15) is 22.7 Å². The Kier molecular flexibility index (Phi) is 3.70. The number of aromatic amines is 1. The maximum atomic E-state index is 6.10. The number of nitrogens with zero attached hydrogens (tertiary/aromatic N) is 3. The maximum Gasteiger partial charge on any atom is 0.220 e. The van der Waals surface area contributed by atoms with Crippen LogP contribution in [0.1, 0.15) is 0 Å². The lowest BCUT2D eigenvalue weighted by Crippen LogP contribution is -2.02. The first-order chi connectivity index (χ1) is 12.2. The zero-order chi connectivity index (χ0) is 17.4. The lowest BCUT2D eigenvalue weighted by molar-refractivity contribution is 0.415. The molecule has 0 atom stereocenters. The molecule has 124 valence electrons. The molecule has 0 spiro atoms. The van der Waals surface area contributed by atoms with Crippen molar-refractivity contribution >= 4 is 23.7 Å². The Labute approximate surface area is 148 Å². The number of anilines is 1. The van der Waals surface area contributed by atoms with Crippen molar-refractivity contribution in [3.05, 3.63) is 59.4 Å². The molecular formula is C18H15N5OS. The van der Waals surface area contributed by atoms with Crippen LogP contribution in [-0.2, 0) is 0 Å². The maximum absolute atomic E-state index is 6.10. The zero-order valence-electron chi connectivity index (χ0n) is 13.4. The Hall–Kier alpha value is -3.19. The molecule has 0 saturated heterocycles. The van der Waals surface area contributed by atoms with E-state index in [1.807, 2.05) is 54.6 Å². The van der Waals surface area contributed by atoms with E-state index < -0.39 is 0 Å². The fourth-order valence-corrected chi connectivity index (χ4v) is 2.97. The van der Waals surface area contributed by atoms with Gasteiger partial charge in [0.2, 0.25) is 10.7 Å². The highest BCUT2D eigenvalue weighted by molar-refractivity contribution is 7.71. The Bertz CT molecular complexity index is 1100. The smallest absolute Gasteiger partial charge is 0.220 e. The number of aromatic nitrogens is 4. The van der Waals surface area contributed by atoms with Gasteiger partial charge in [0.05, 0.1) is 7.11 Å². The Balaban J connectivity index is 2.04. The van der Waals surface area contributed by atoms with Crippen LogP contribution in [0.3, 0.4) is 0 Å². The van der Waals surface area contributed by atoms with Gasteiger partial charge in [-0.05, 0) is 36.5 Å². The number of hydrogen-bond donors (Lipinski definition) is 2. The van der Waals surface area contributed by atoms with E-state index >= 15 is 0 Å². The summed E-state index contributed by atoms with van der Waals surface area (Å²) in [7, 11) is 1.63. The number of methoxy groups -OCH3 is 1. The summed E-state index contributed by atoms with van der Waals surface area (Å²) in [5.41, 5.74) is 10.2. The van der Waals surface area contributed by atoms with Crippen LogP contribution in [0.2, 0.25) is 0 Å². The Morgan fingerprint density at radius 2 is 1.60 bits per heavy atom. The number of nitrogens with one attached hydrogen (secondary N) is 1. The Morgan fingerprint density at radius 1 is 0.960 bits per heavy atom. The van der Waals surface area contributed by atoms with Crippen molar-refractivity contribution in [3.63, 3.8) is 0 Å². The van der Waals surface area contributed by atoms with Crippen molar-refractivity contribution in [1.82, 2.24) is 19.6 Å². The van der Waals surface area contributed by atoms with E-state index in [-0.39, 0.29) is 0 Å². The van der Waals surface area contributed by atoms with Crippen molar-refractivity contribution in [3.8, 4) is 28.3 Å². The molecule has 0 aliphatic heterocycles. The molecule has 2 aromatic carbocycles. The van der Waals surface area contributed by atoms with Crippen molar-refractivity contribution < 1.29 is 4.74 Å². The lowest BCUT2D eigenvalue weighted by atomic mass is 10.1. The number of nitrogen functional groups attached to an aromatic ring is 1. The van der Waals surface area contributed by atoms with Crippen molar-refractivity contribution in [2.75, 3.05) is 12.8 Å². The molecular weight excluding hydrogens is 334 g/mol. The van der Waals surface area contributed by atoms with E-state index in [1.54, 1.807) is 11.6 Å². The summed E-state index contributed by atoms with van der Waals surface area (Å²) in [6, 6.07) is 17.5. The molecule has 0 saturated carbocycles. The minimum atomic E-state index is 0.331. The zero-order valence-corrected chi connectivity index (χ0v) is 14.2. The van der Waals surface area contributed by atoms with E-state index in [4.69, 9.17) is 22.7 Å². The van der Waals surface area contributed by atoms with E-state index in [1.165, 1.54) is 0 Å². The van der Waals surface area contributed by atoms with Crippen LogP contribution in [0.4, 0.5) is 5.95 Å². The molecule has 25 heavy (non-hydrogen) atoms. The van der Waals surface area contributed by atoms with Crippen LogP contribution >= 0.6 is 12.2 Å². The first kappa shape index (κ1) is 15.3. The topological polar surface area (TPSA) is 81.2 Å². The monoisotopic (exact) mass is 349 g/mol. The van der Waals surface area contributed by atoms with Crippen molar-refractivity contribution in [2.24, 2.45) is 0 Å². The highest BCUT2D eigenvalue weighted by atomic mass is 32.1. The van der Waals surface area contributed by atoms with Crippen LogP contribution in [0, 0.1) is 4.77 Å². The van der Waals surface area contributed by atoms with E-state index in [0.717, 1.165) is 33.8 Å². The number of benzene rings is 2. The first-order valence-corrected chi connectivity index (χ1v) is 8.06. The van der Waals surface area contributed by atoms with Gasteiger partial charge < -0.3 is 10.5 Å². The summed E-state index contributed by atoms with van der Waals surface area (Å²) in [6.07, 6.45) is 0. The highest BCUT2D eigenvalue weighted by Gasteiger charge is 2.17.